The van der Waals surface area contributed by atoms with Gasteiger partial charge in [-0.15, -0.1) is 11.8 Å². The molecule has 20 heavy (non-hydrogen) atoms. The van der Waals surface area contributed by atoms with Crippen LogP contribution in [0.25, 0.3) is 0 Å². The predicted octanol–water partition coefficient (Wildman–Crippen LogP) is 3.41. The van der Waals surface area contributed by atoms with Crippen LogP contribution in [0.5, 0.6) is 0 Å². The molecule has 0 radical (unpaired) electrons. The maximum Gasteiger partial charge on any atom is 0.326 e. The SMILES string of the molecule is CCOC(=O)C(C)(CCCSc1ccc(C)cc1)NC. The molecule has 1 rings (SSSR count). The van der Waals surface area contributed by atoms with Crippen molar-refractivity contribution in [3.8, 4) is 0 Å². The summed E-state index contributed by atoms with van der Waals surface area (Å²) in [6.45, 7) is 6.25. The van der Waals surface area contributed by atoms with Crippen LogP contribution in [0.1, 0.15) is 32.3 Å². The smallest absolute Gasteiger partial charge is 0.326 e. The van der Waals surface area contributed by atoms with Gasteiger partial charge in [-0.25, -0.2) is 0 Å². The molecule has 0 aliphatic heterocycles. The quantitative estimate of drug-likeness (QED) is 0.453. The second-order valence-corrected chi connectivity index (χ2v) is 6.24. The fourth-order valence-electron chi connectivity index (χ4n) is 1.87. The Morgan fingerprint density at radius 2 is 2.00 bits per heavy atom. The van der Waals surface area contributed by atoms with Gasteiger partial charge in [0, 0.05) is 4.90 Å². The molecular weight excluding hydrogens is 270 g/mol. The first-order valence-corrected chi connectivity index (χ1v) is 8.06. The Bertz CT molecular complexity index is 419. The second kappa shape index (κ2) is 8.32. The van der Waals surface area contributed by atoms with E-state index in [2.05, 4.69) is 36.5 Å². The zero-order valence-corrected chi connectivity index (χ0v) is 13.7. The first-order valence-electron chi connectivity index (χ1n) is 7.07. The molecule has 1 aromatic rings. The van der Waals surface area contributed by atoms with Gasteiger partial charge in [0.15, 0.2) is 0 Å². The Hall–Kier alpha value is -1.00. The van der Waals surface area contributed by atoms with E-state index in [1.807, 2.05) is 32.7 Å². The maximum absolute atomic E-state index is 11.9. The lowest BCUT2D eigenvalue weighted by atomic mass is 9.97. The Morgan fingerprint density at radius 1 is 1.35 bits per heavy atom. The summed E-state index contributed by atoms with van der Waals surface area (Å²) in [7, 11) is 1.81. The third-order valence-corrected chi connectivity index (χ3v) is 4.49. The summed E-state index contributed by atoms with van der Waals surface area (Å²) >= 11 is 1.83. The second-order valence-electron chi connectivity index (χ2n) is 5.07. The minimum Gasteiger partial charge on any atom is -0.465 e. The fraction of sp³-hybridized carbons (Fsp3) is 0.562. The Labute approximate surface area is 126 Å². The molecule has 0 saturated carbocycles. The van der Waals surface area contributed by atoms with Crippen molar-refractivity contribution in [3.05, 3.63) is 29.8 Å². The standard InChI is InChI=1S/C16H25NO2S/c1-5-19-15(18)16(3,17-4)11-6-12-20-14-9-7-13(2)8-10-14/h7-10,17H,5-6,11-12H2,1-4H3. The van der Waals surface area contributed by atoms with Gasteiger partial charge in [-0.2, -0.15) is 0 Å². The van der Waals surface area contributed by atoms with E-state index in [1.54, 1.807) is 0 Å². The minimum absolute atomic E-state index is 0.164. The van der Waals surface area contributed by atoms with Crippen LogP contribution >= 0.6 is 11.8 Å². The van der Waals surface area contributed by atoms with Gasteiger partial charge in [0.05, 0.1) is 6.61 Å². The van der Waals surface area contributed by atoms with E-state index in [0.29, 0.717) is 6.61 Å². The number of esters is 1. The molecule has 0 heterocycles. The topological polar surface area (TPSA) is 38.3 Å². The molecule has 0 aromatic heterocycles. The monoisotopic (exact) mass is 295 g/mol. The summed E-state index contributed by atoms with van der Waals surface area (Å²) in [5.41, 5.74) is 0.698. The van der Waals surface area contributed by atoms with Gasteiger partial charge in [-0.05, 0) is 58.5 Å². The molecule has 3 nitrogen and oxygen atoms in total. The van der Waals surface area contributed by atoms with Gasteiger partial charge < -0.3 is 10.1 Å². The molecule has 0 bridgehead atoms. The molecule has 0 fully saturated rings. The van der Waals surface area contributed by atoms with Crippen LogP contribution in [0, 0.1) is 6.92 Å². The molecule has 112 valence electrons. The van der Waals surface area contributed by atoms with Crippen molar-refractivity contribution in [1.82, 2.24) is 5.32 Å². The van der Waals surface area contributed by atoms with Gasteiger partial charge in [-0.3, -0.25) is 4.79 Å². The van der Waals surface area contributed by atoms with Gasteiger partial charge >= 0.3 is 5.97 Å². The van der Waals surface area contributed by atoms with Gasteiger partial charge in [0.25, 0.3) is 0 Å². The molecule has 1 unspecified atom stereocenters. The summed E-state index contributed by atoms with van der Waals surface area (Å²) in [6, 6.07) is 8.53. The Kier molecular flexibility index (Phi) is 7.10. The fourth-order valence-corrected chi connectivity index (χ4v) is 2.72. The molecule has 1 N–H and O–H groups in total. The first-order chi connectivity index (χ1) is 9.51. The highest BCUT2D eigenvalue weighted by Gasteiger charge is 2.32. The summed E-state index contributed by atoms with van der Waals surface area (Å²) in [5, 5.41) is 3.09. The van der Waals surface area contributed by atoms with Crippen molar-refractivity contribution in [2.45, 2.75) is 44.0 Å². The van der Waals surface area contributed by atoms with Crippen LogP contribution in [0.15, 0.2) is 29.2 Å². The number of aryl methyl sites for hydroxylation is 1. The van der Waals surface area contributed by atoms with Crippen LogP contribution in [0.4, 0.5) is 0 Å². The van der Waals surface area contributed by atoms with Crippen LogP contribution in [-0.4, -0.2) is 30.9 Å². The van der Waals surface area contributed by atoms with E-state index in [9.17, 15) is 4.79 Å². The number of thioether (sulfide) groups is 1. The third-order valence-electron chi connectivity index (χ3n) is 3.39. The van der Waals surface area contributed by atoms with Crippen molar-refractivity contribution in [2.24, 2.45) is 0 Å². The summed E-state index contributed by atoms with van der Waals surface area (Å²) < 4.78 is 5.12. The van der Waals surface area contributed by atoms with E-state index >= 15 is 0 Å². The average molecular weight is 295 g/mol. The van der Waals surface area contributed by atoms with Crippen LogP contribution in [-0.2, 0) is 9.53 Å². The van der Waals surface area contributed by atoms with Crippen LogP contribution < -0.4 is 5.32 Å². The molecular formula is C16H25NO2S. The normalized spacial score (nSPS) is 13.8. The molecule has 0 saturated heterocycles. The maximum atomic E-state index is 11.9. The lowest BCUT2D eigenvalue weighted by molar-refractivity contribution is -0.150. The van der Waals surface area contributed by atoms with Crippen molar-refractivity contribution in [1.29, 1.82) is 0 Å². The molecule has 1 aromatic carbocycles. The number of rotatable bonds is 8. The van der Waals surface area contributed by atoms with Crippen molar-refractivity contribution in [3.63, 3.8) is 0 Å². The van der Waals surface area contributed by atoms with E-state index < -0.39 is 5.54 Å². The van der Waals surface area contributed by atoms with Crippen molar-refractivity contribution in [2.75, 3.05) is 19.4 Å². The average Bonchev–Trinajstić information content (AvgIpc) is 2.45. The first kappa shape index (κ1) is 17.1. The number of benzene rings is 1. The van der Waals surface area contributed by atoms with Gasteiger partial charge in [0.1, 0.15) is 5.54 Å². The molecule has 1 atom stereocenters. The van der Waals surface area contributed by atoms with Crippen LogP contribution in [0.2, 0.25) is 0 Å². The van der Waals surface area contributed by atoms with E-state index in [-0.39, 0.29) is 5.97 Å². The highest BCUT2D eigenvalue weighted by molar-refractivity contribution is 7.99. The number of likely N-dealkylation sites (N-methyl/N-ethyl adjacent to an activating group) is 1. The number of ether oxygens (including phenoxy) is 1. The summed E-state index contributed by atoms with van der Waals surface area (Å²) in [4.78, 5) is 13.2. The number of hydrogen-bond acceptors (Lipinski definition) is 4. The van der Waals surface area contributed by atoms with E-state index in [4.69, 9.17) is 4.74 Å². The zero-order chi connectivity index (χ0) is 15.0. The zero-order valence-electron chi connectivity index (χ0n) is 12.9. The Balaban J connectivity index is 2.38. The Morgan fingerprint density at radius 3 is 2.55 bits per heavy atom. The lowest BCUT2D eigenvalue weighted by Gasteiger charge is -2.26. The van der Waals surface area contributed by atoms with Crippen LogP contribution in [0.3, 0.4) is 0 Å². The van der Waals surface area contributed by atoms with E-state index in [1.165, 1.54) is 10.5 Å². The number of carbonyl (C=O) groups is 1. The predicted molar refractivity (Wildman–Crippen MR) is 85.2 cm³/mol. The van der Waals surface area contributed by atoms with Gasteiger partial charge in [0.2, 0.25) is 0 Å². The number of carbonyl (C=O) groups excluding carboxylic acids is 1. The molecule has 0 spiro atoms. The van der Waals surface area contributed by atoms with E-state index in [0.717, 1.165) is 18.6 Å². The molecule has 0 aliphatic carbocycles. The molecule has 0 amide bonds. The summed E-state index contributed by atoms with van der Waals surface area (Å²) in [6.07, 6.45) is 1.75. The third kappa shape index (κ3) is 5.17. The lowest BCUT2D eigenvalue weighted by Crippen LogP contribution is -2.48. The van der Waals surface area contributed by atoms with Gasteiger partial charge in [-0.1, -0.05) is 17.7 Å². The molecule has 0 aliphatic rings. The number of hydrogen-bond donors (Lipinski definition) is 1. The van der Waals surface area contributed by atoms with Crippen molar-refractivity contribution < 1.29 is 9.53 Å². The highest BCUT2D eigenvalue weighted by Crippen LogP contribution is 2.22. The molecule has 4 heteroatoms. The highest BCUT2D eigenvalue weighted by atomic mass is 32.2. The summed E-state index contributed by atoms with van der Waals surface area (Å²) in [5.74, 6) is 0.836. The minimum atomic E-state index is -0.580. The largest absolute Gasteiger partial charge is 0.465 e. The van der Waals surface area contributed by atoms with Crippen molar-refractivity contribution >= 4 is 17.7 Å². The number of nitrogens with one attached hydrogen (secondary N) is 1.